The molecule has 4 aromatic carbocycles. The Morgan fingerprint density at radius 2 is 1.15 bits per heavy atom. The number of aryl methyl sites for hydroxylation is 1. The van der Waals surface area contributed by atoms with Crippen molar-refractivity contribution in [3.8, 4) is 0 Å². The molecule has 244 valence electrons. The van der Waals surface area contributed by atoms with E-state index in [-0.39, 0.29) is 35.7 Å². The maximum Gasteiger partial charge on any atom is 0.270 e. The minimum absolute atomic E-state index is 0. The van der Waals surface area contributed by atoms with Crippen molar-refractivity contribution in [1.29, 1.82) is 0 Å². The van der Waals surface area contributed by atoms with E-state index in [1.807, 2.05) is 12.1 Å². The quantitative estimate of drug-likeness (QED) is 0.0730. The molecular formula is C32H30BrCl4N3O6. The molecule has 0 aromatic heterocycles. The Balaban J connectivity index is 0.000000375. The van der Waals surface area contributed by atoms with Gasteiger partial charge in [-0.15, -0.1) is 0 Å². The molecule has 14 heteroatoms. The van der Waals surface area contributed by atoms with E-state index >= 15 is 0 Å². The minimum Gasteiger partial charge on any atom is -0.326 e. The van der Waals surface area contributed by atoms with Crippen LogP contribution in [0.25, 0.3) is 0 Å². The summed E-state index contributed by atoms with van der Waals surface area (Å²) in [6.45, 7) is 0.454. The lowest BCUT2D eigenvalue weighted by Gasteiger charge is -2.05. The van der Waals surface area contributed by atoms with Crippen molar-refractivity contribution in [1.82, 2.24) is 0 Å². The van der Waals surface area contributed by atoms with Gasteiger partial charge in [0.05, 0.1) is 15.2 Å². The number of carbonyl (C=O) groups is 2. The number of nitro groups is 2. The molecule has 0 amide bonds. The highest BCUT2D eigenvalue weighted by Gasteiger charge is 2.12. The molecule has 0 atom stereocenters. The van der Waals surface area contributed by atoms with Crippen LogP contribution >= 0.6 is 62.3 Å². The molecule has 0 unspecified atom stereocenters. The fourth-order valence-corrected chi connectivity index (χ4v) is 4.97. The number of carbonyl (C=O) groups excluding carboxylic acids is 2. The first-order valence-electron chi connectivity index (χ1n) is 13.1. The number of hydrogen-bond donors (Lipinski definition) is 1. The second-order valence-corrected chi connectivity index (χ2v) is 11.4. The summed E-state index contributed by atoms with van der Waals surface area (Å²) in [5, 5.41) is 23.7. The molecule has 46 heavy (non-hydrogen) atoms. The molecule has 0 saturated heterocycles. The molecule has 2 N–H and O–H groups in total. The molecule has 9 nitrogen and oxygen atoms in total. The van der Waals surface area contributed by atoms with Crippen molar-refractivity contribution in [2.45, 2.75) is 33.2 Å². The van der Waals surface area contributed by atoms with Crippen LogP contribution in [-0.4, -0.2) is 26.7 Å². The van der Waals surface area contributed by atoms with Crippen molar-refractivity contribution in [2.75, 3.05) is 5.33 Å². The fraction of sp³-hybridized carbons (Fsp3) is 0.188. The minimum atomic E-state index is -0.523. The molecule has 0 fully saturated rings. The summed E-state index contributed by atoms with van der Waals surface area (Å²) in [5.74, 6) is -0.280. The van der Waals surface area contributed by atoms with E-state index in [9.17, 15) is 29.8 Å². The van der Waals surface area contributed by atoms with Gasteiger partial charge in [-0.1, -0.05) is 106 Å². The first-order valence-corrected chi connectivity index (χ1v) is 15.7. The van der Waals surface area contributed by atoms with Gasteiger partial charge in [0.1, 0.15) is 0 Å². The summed E-state index contributed by atoms with van der Waals surface area (Å²) < 4.78 is 0. The number of hydrogen-bond acceptors (Lipinski definition) is 7. The van der Waals surface area contributed by atoms with Gasteiger partial charge >= 0.3 is 0 Å². The average Bonchev–Trinajstić information content (AvgIpc) is 3.02. The molecule has 0 aliphatic heterocycles. The molecule has 0 aliphatic rings. The molecule has 0 bridgehead atoms. The smallest absolute Gasteiger partial charge is 0.270 e. The van der Waals surface area contributed by atoms with Crippen LogP contribution in [0.3, 0.4) is 0 Å². The van der Waals surface area contributed by atoms with Crippen LogP contribution in [0, 0.1) is 20.2 Å². The number of Topliss-reactive ketones (excluding diaryl/α,β-unsaturated/α-hetero) is 2. The van der Waals surface area contributed by atoms with Crippen molar-refractivity contribution in [3.63, 3.8) is 0 Å². The summed E-state index contributed by atoms with van der Waals surface area (Å²) in [7, 11) is 0. The predicted octanol–water partition coefficient (Wildman–Crippen LogP) is 10.4. The van der Waals surface area contributed by atoms with Crippen molar-refractivity contribution in [3.05, 3.63) is 148 Å². The summed E-state index contributed by atoms with van der Waals surface area (Å²) in [6.07, 6.45) is 1.57. The van der Waals surface area contributed by atoms with Crippen molar-refractivity contribution >= 4 is 85.3 Å². The number of alkyl halides is 1. The number of benzene rings is 4. The number of halogens is 5. The Hall–Kier alpha value is -3.38. The number of nitrogens with zero attached hydrogens (tertiary/aromatic N) is 2. The largest absolute Gasteiger partial charge is 0.326 e. The first-order chi connectivity index (χ1) is 21.4. The van der Waals surface area contributed by atoms with Gasteiger partial charge in [0.15, 0.2) is 11.6 Å². The summed E-state index contributed by atoms with van der Waals surface area (Å²) in [5.41, 5.74) is 7.79. The maximum absolute atomic E-state index is 12.1. The highest BCUT2D eigenvalue weighted by Crippen LogP contribution is 2.23. The number of non-ortho nitro benzene ring substituents is 2. The summed E-state index contributed by atoms with van der Waals surface area (Å²) >= 11 is 26.3. The van der Waals surface area contributed by atoms with Crippen LogP contribution in [0.1, 0.15) is 52.1 Å². The van der Waals surface area contributed by atoms with Gasteiger partial charge < -0.3 is 5.73 Å². The van der Waals surface area contributed by atoms with Crippen LogP contribution in [0.4, 0.5) is 11.4 Å². The van der Waals surface area contributed by atoms with Gasteiger partial charge in [0.25, 0.3) is 11.4 Å². The van der Waals surface area contributed by atoms with E-state index in [1.165, 1.54) is 36.4 Å². The van der Waals surface area contributed by atoms with Crippen LogP contribution in [0.5, 0.6) is 0 Å². The molecule has 0 saturated carbocycles. The predicted molar refractivity (Wildman–Crippen MR) is 189 cm³/mol. The number of rotatable bonds is 10. The zero-order valence-corrected chi connectivity index (χ0v) is 28.0. The Kier molecular flexibility index (Phi) is 18.3. The van der Waals surface area contributed by atoms with Gasteiger partial charge in [-0.05, 0) is 48.2 Å². The topological polar surface area (TPSA) is 146 Å². The second kappa shape index (κ2) is 20.7. The van der Waals surface area contributed by atoms with E-state index in [0.29, 0.717) is 57.0 Å². The Morgan fingerprint density at radius 1 is 0.696 bits per heavy atom. The van der Waals surface area contributed by atoms with Gasteiger partial charge in [-0.2, -0.15) is 0 Å². The lowest BCUT2D eigenvalue weighted by Crippen LogP contribution is -2.01. The highest BCUT2D eigenvalue weighted by molar-refractivity contribution is 9.09. The highest BCUT2D eigenvalue weighted by atomic mass is 79.9. The van der Waals surface area contributed by atoms with Crippen LogP contribution in [-0.2, 0) is 13.0 Å². The normalized spacial score (nSPS) is 9.87. The summed E-state index contributed by atoms with van der Waals surface area (Å²) in [4.78, 5) is 43.2. The number of nitrogens with two attached hydrogens (primary N) is 1. The van der Waals surface area contributed by atoms with Crippen molar-refractivity contribution in [2.24, 2.45) is 5.73 Å². The lowest BCUT2D eigenvalue weighted by atomic mass is 10.0. The van der Waals surface area contributed by atoms with E-state index in [1.54, 1.807) is 36.4 Å². The third kappa shape index (κ3) is 13.5. The van der Waals surface area contributed by atoms with E-state index in [2.05, 4.69) is 15.9 Å². The fourth-order valence-electron chi connectivity index (χ4n) is 3.66. The molecule has 4 aromatic rings. The van der Waals surface area contributed by atoms with E-state index < -0.39 is 9.85 Å². The Bertz CT molecular complexity index is 1670. The van der Waals surface area contributed by atoms with Crippen LogP contribution in [0.2, 0.25) is 20.1 Å². The van der Waals surface area contributed by atoms with Crippen LogP contribution in [0.15, 0.2) is 84.9 Å². The molecular weight excluding hydrogens is 744 g/mol. The lowest BCUT2D eigenvalue weighted by molar-refractivity contribution is -0.385. The molecule has 4 rings (SSSR count). The van der Waals surface area contributed by atoms with Gasteiger partial charge in [0.2, 0.25) is 0 Å². The third-order valence-electron chi connectivity index (χ3n) is 5.98. The molecule has 0 spiro atoms. The standard InChI is InChI=1S/C16H13Cl2NO3.C8H6BrNO3.C7H7Cl2N.CH4/c17-13-8-7-11(15(18)10-13)3-2-6-16(20)12-4-1-5-14(9-12)19(21)22;9-5-8(11)6-2-1-3-7(4-6)10(12)13;8-6-2-1-5(4-10)7(9)3-6;/h1,4-5,7-10H,2-3,6H2;1-4H,5H2;1-3H,4,10H2;1H4. The molecule has 0 heterocycles. The zero-order valence-electron chi connectivity index (χ0n) is 23.4. The number of nitro benzene ring substituents is 2. The Morgan fingerprint density at radius 3 is 1.57 bits per heavy atom. The monoisotopic (exact) mass is 771 g/mol. The zero-order chi connectivity index (χ0) is 33.5. The first kappa shape index (κ1) is 40.6. The Labute approximate surface area is 295 Å². The molecule has 0 aliphatic carbocycles. The van der Waals surface area contributed by atoms with Crippen molar-refractivity contribution < 1.29 is 19.4 Å². The average molecular weight is 774 g/mol. The molecule has 0 radical (unpaired) electrons. The van der Waals surface area contributed by atoms with Gasteiger partial charge in [-0.25, -0.2) is 0 Å². The van der Waals surface area contributed by atoms with E-state index in [4.69, 9.17) is 52.1 Å². The maximum atomic E-state index is 12.1. The van der Waals surface area contributed by atoms with Gasteiger partial charge in [-0.3, -0.25) is 29.8 Å². The van der Waals surface area contributed by atoms with Gasteiger partial charge in [0, 0.05) is 68.4 Å². The number of ketones is 2. The summed E-state index contributed by atoms with van der Waals surface area (Å²) in [6, 6.07) is 22.0. The van der Waals surface area contributed by atoms with Crippen LogP contribution < -0.4 is 5.73 Å². The SMILES string of the molecule is C.NCc1ccc(Cl)cc1Cl.O=C(CBr)c1cccc([N+](=O)[O-])c1.O=C(CCCc1ccc(Cl)cc1Cl)c1cccc([N+](=O)[O-])c1. The van der Waals surface area contributed by atoms with E-state index in [0.717, 1.165) is 11.1 Å². The second-order valence-electron chi connectivity index (χ2n) is 9.12. The third-order valence-corrected chi connectivity index (χ3v) is 7.66.